The predicted molar refractivity (Wildman–Crippen MR) is 183 cm³/mol. The van der Waals surface area contributed by atoms with Crippen LogP contribution in [-0.4, -0.2) is 0 Å². The molecule has 43 heavy (non-hydrogen) atoms. The average Bonchev–Trinajstić information content (AvgIpc) is 3.54. The van der Waals surface area contributed by atoms with Crippen LogP contribution < -0.4 is 0 Å². The highest BCUT2D eigenvalue weighted by Crippen LogP contribution is 2.48. The summed E-state index contributed by atoms with van der Waals surface area (Å²) in [5.74, 6) is 0. The summed E-state index contributed by atoms with van der Waals surface area (Å²) in [5, 5.41) is 5.44. The molecule has 0 saturated heterocycles. The van der Waals surface area contributed by atoms with Crippen LogP contribution in [0.4, 0.5) is 0 Å². The van der Waals surface area contributed by atoms with Gasteiger partial charge in [0.05, 0.1) is 8.22 Å². The van der Waals surface area contributed by atoms with E-state index >= 15 is 0 Å². The molecule has 0 radical (unpaired) electrons. The molecule has 1 heteroatoms. The van der Waals surface area contributed by atoms with Gasteiger partial charge in [0, 0.05) is 21.9 Å². The first kappa shape index (κ1) is 18.7. The number of para-hydroxylation sites is 1. The van der Waals surface area contributed by atoms with E-state index in [0.717, 1.165) is 54.9 Å². The molecule has 0 spiro atoms. The minimum absolute atomic E-state index is 0.0222. The molecular formula is C42H26O. The Morgan fingerprint density at radius 3 is 1.70 bits per heavy atom. The average molecular weight is 553 g/mol. The Balaban J connectivity index is 1.44. The number of furan rings is 1. The maximum atomic E-state index is 8.91. The molecule has 0 aliphatic heterocycles. The molecule has 0 fully saturated rings. The van der Waals surface area contributed by atoms with Crippen LogP contribution in [0.2, 0.25) is 0 Å². The van der Waals surface area contributed by atoms with Gasteiger partial charge in [-0.05, 0) is 60.6 Å². The number of hydrogen-bond donors (Lipinski definition) is 0. The van der Waals surface area contributed by atoms with Gasteiger partial charge in [0.1, 0.15) is 11.2 Å². The van der Waals surface area contributed by atoms with E-state index in [1.807, 2.05) is 36.4 Å². The fourth-order valence-corrected chi connectivity index (χ4v) is 6.64. The molecule has 0 N–H and O–H groups in total. The summed E-state index contributed by atoms with van der Waals surface area (Å²) in [6.07, 6.45) is 0. The molecule has 9 aromatic rings. The van der Waals surface area contributed by atoms with Crippen LogP contribution in [0.25, 0.3) is 87.6 Å². The van der Waals surface area contributed by atoms with E-state index in [1.54, 1.807) is 0 Å². The molecule has 0 saturated carbocycles. The molecule has 9 rings (SSSR count). The highest BCUT2D eigenvalue weighted by Gasteiger charge is 2.21. The van der Waals surface area contributed by atoms with Crippen molar-refractivity contribution in [2.45, 2.75) is 0 Å². The lowest BCUT2D eigenvalue weighted by Crippen LogP contribution is -1.92. The van der Waals surface area contributed by atoms with Crippen molar-refractivity contribution in [1.82, 2.24) is 0 Å². The molecule has 0 unspecified atom stereocenters. The smallest absolute Gasteiger partial charge is 0.143 e. The van der Waals surface area contributed by atoms with Crippen molar-refractivity contribution in [1.29, 1.82) is 0 Å². The van der Waals surface area contributed by atoms with Crippen LogP contribution >= 0.6 is 0 Å². The summed E-state index contributed by atoms with van der Waals surface area (Å²) in [6.45, 7) is 0. The van der Waals surface area contributed by atoms with Gasteiger partial charge in [0.2, 0.25) is 0 Å². The summed E-state index contributed by atoms with van der Waals surface area (Å²) >= 11 is 0. The first-order valence-electron chi connectivity index (χ1n) is 17.3. The molecule has 8 aromatic carbocycles. The zero-order chi connectivity index (χ0) is 33.6. The third-order valence-electron chi connectivity index (χ3n) is 8.44. The quantitative estimate of drug-likeness (QED) is 0.199. The Bertz CT molecular complexity index is 2780. The Hall–Kier alpha value is -5.66. The second kappa shape index (κ2) is 9.44. The first-order valence-corrected chi connectivity index (χ1v) is 14.3. The molecule has 1 aromatic heterocycles. The van der Waals surface area contributed by atoms with E-state index in [1.165, 1.54) is 0 Å². The highest BCUT2D eigenvalue weighted by atomic mass is 16.3. The Morgan fingerprint density at radius 1 is 0.419 bits per heavy atom. The van der Waals surface area contributed by atoms with Gasteiger partial charge < -0.3 is 4.42 Å². The van der Waals surface area contributed by atoms with E-state index in [2.05, 4.69) is 84.9 Å². The fourth-order valence-electron chi connectivity index (χ4n) is 6.64. The molecule has 1 nitrogen and oxygen atoms in total. The minimum atomic E-state index is -0.426. The fraction of sp³-hybridized carbons (Fsp3) is 0. The molecular weight excluding hydrogens is 520 g/mol. The van der Waals surface area contributed by atoms with Crippen molar-refractivity contribution in [2.75, 3.05) is 0 Å². The van der Waals surface area contributed by atoms with Crippen LogP contribution in [0.5, 0.6) is 0 Å². The lowest BCUT2D eigenvalue weighted by atomic mass is 9.83. The predicted octanol–water partition coefficient (Wildman–Crippen LogP) is 12.0. The highest BCUT2D eigenvalue weighted by molar-refractivity contribution is 6.26. The van der Waals surface area contributed by atoms with Gasteiger partial charge in [-0.3, -0.25) is 0 Å². The van der Waals surface area contributed by atoms with Gasteiger partial charge in [-0.25, -0.2) is 0 Å². The van der Waals surface area contributed by atoms with E-state index in [-0.39, 0.29) is 46.6 Å². The lowest BCUT2D eigenvalue weighted by molar-refractivity contribution is 0.670. The van der Waals surface area contributed by atoms with E-state index in [9.17, 15) is 0 Å². The van der Waals surface area contributed by atoms with Crippen molar-refractivity contribution >= 4 is 54.3 Å². The minimum Gasteiger partial charge on any atom is -0.455 e. The third kappa shape index (κ3) is 3.58. The number of hydrogen-bond acceptors (Lipinski definition) is 1. The summed E-state index contributed by atoms with van der Waals surface area (Å²) in [7, 11) is 0. The third-order valence-corrected chi connectivity index (χ3v) is 8.44. The van der Waals surface area contributed by atoms with Gasteiger partial charge in [-0.2, -0.15) is 0 Å². The van der Waals surface area contributed by atoms with Crippen LogP contribution in [0.1, 0.15) is 8.22 Å². The molecule has 0 amide bonds. The summed E-state index contributed by atoms with van der Waals surface area (Å²) in [6, 6.07) is 39.5. The van der Waals surface area contributed by atoms with E-state index in [0.29, 0.717) is 16.4 Å². The van der Waals surface area contributed by atoms with Crippen molar-refractivity contribution in [2.24, 2.45) is 0 Å². The van der Waals surface area contributed by atoms with Crippen molar-refractivity contribution in [3.8, 4) is 33.4 Å². The molecule has 1 heterocycles. The van der Waals surface area contributed by atoms with Crippen molar-refractivity contribution in [3.05, 3.63) is 158 Å². The zero-order valence-electron chi connectivity index (χ0n) is 29.0. The molecule has 0 aliphatic rings. The van der Waals surface area contributed by atoms with E-state index in [4.69, 9.17) is 12.6 Å². The second-order valence-electron chi connectivity index (χ2n) is 10.7. The van der Waals surface area contributed by atoms with Gasteiger partial charge in [-0.15, -0.1) is 0 Å². The van der Waals surface area contributed by atoms with Crippen LogP contribution in [0, 0.1) is 0 Å². The normalized spacial score (nSPS) is 13.7. The van der Waals surface area contributed by atoms with Gasteiger partial charge in [-0.1, -0.05) is 152 Å². The van der Waals surface area contributed by atoms with Crippen molar-refractivity contribution < 1.29 is 12.6 Å². The largest absolute Gasteiger partial charge is 0.455 e. The first-order chi connectivity index (χ1) is 23.9. The molecule has 200 valence electrons. The summed E-state index contributed by atoms with van der Waals surface area (Å²) in [4.78, 5) is 0. The van der Waals surface area contributed by atoms with Crippen LogP contribution in [0.15, 0.2) is 162 Å². The second-order valence-corrected chi connectivity index (χ2v) is 10.7. The van der Waals surface area contributed by atoms with Crippen molar-refractivity contribution in [3.63, 3.8) is 0 Å². The van der Waals surface area contributed by atoms with Crippen LogP contribution in [0.3, 0.4) is 0 Å². The summed E-state index contributed by atoms with van der Waals surface area (Å²) < 4.78 is 58.3. The number of rotatable bonds is 3. The maximum Gasteiger partial charge on any atom is 0.143 e. The molecule has 0 bridgehead atoms. The van der Waals surface area contributed by atoms with Gasteiger partial charge in [0.25, 0.3) is 0 Å². The maximum absolute atomic E-state index is 8.91. The standard InChI is InChI=1S/C42H26O/c1-2-13-27(14-3-1)29-16-6-7-18-31(29)39-32-19-8-10-21-34(32)40(35-22-11-9-20-33(35)39)36-23-12-24-37-41-30-17-5-4-15-28(30)25-26-38(41)43-42(36)37/h1-26H/i4D,5D,15D,17D,25D,26D. The topological polar surface area (TPSA) is 13.1 Å². The number of benzene rings is 8. The lowest BCUT2D eigenvalue weighted by Gasteiger charge is -2.19. The van der Waals surface area contributed by atoms with Gasteiger partial charge in [0.15, 0.2) is 0 Å². The van der Waals surface area contributed by atoms with Crippen LogP contribution in [-0.2, 0) is 0 Å². The summed E-state index contributed by atoms with van der Waals surface area (Å²) in [5.41, 5.74) is 6.90. The zero-order valence-corrected chi connectivity index (χ0v) is 23.0. The monoisotopic (exact) mass is 552 g/mol. The Kier molecular flexibility index (Phi) is 4.11. The molecule has 0 aliphatic carbocycles. The Morgan fingerprint density at radius 2 is 0.977 bits per heavy atom. The SMILES string of the molecule is [2H]c1c([2H])c([2H])c2c(c1[2H])c([2H])c([2H])c1oc3c(-c4c5ccccc5c(-c5ccccc5-c5ccccc5)c5ccccc45)cccc3c12. The molecule has 0 atom stereocenters. The van der Waals surface area contributed by atoms with Gasteiger partial charge >= 0.3 is 0 Å². The van der Waals surface area contributed by atoms with E-state index < -0.39 is 6.04 Å². The Labute approximate surface area is 257 Å². The number of fused-ring (bicyclic) bond motifs is 7.